The second-order valence-corrected chi connectivity index (χ2v) is 7.06. The zero-order valence-electron chi connectivity index (χ0n) is 17.0. The molecule has 0 aliphatic heterocycles. The van der Waals surface area contributed by atoms with Crippen LogP contribution in [0.25, 0.3) is 0 Å². The van der Waals surface area contributed by atoms with Gasteiger partial charge >= 0.3 is 5.97 Å². The summed E-state index contributed by atoms with van der Waals surface area (Å²) in [6, 6.07) is 0. The van der Waals surface area contributed by atoms with Crippen molar-refractivity contribution in [1.82, 2.24) is 0 Å². The van der Waals surface area contributed by atoms with Crippen molar-refractivity contribution in [3.63, 3.8) is 0 Å². The number of carbonyl (C=O) groups is 3. The number of Topliss-reactive ketones (excluding diaryl/α,β-unsaturated/α-hetero) is 1. The number of ether oxygens (including phenoxy) is 1. The van der Waals surface area contributed by atoms with Crippen molar-refractivity contribution < 1.29 is 19.1 Å². The topological polar surface area (TPSA) is 60.4 Å². The van der Waals surface area contributed by atoms with E-state index in [1.807, 2.05) is 26.8 Å². The molecule has 0 aliphatic rings. The molecule has 0 amide bonds. The largest absolute Gasteiger partial charge is 0.458 e. The average Bonchev–Trinajstić information content (AvgIpc) is 2.54. The van der Waals surface area contributed by atoms with Crippen molar-refractivity contribution in [3.8, 4) is 0 Å². The highest BCUT2D eigenvalue weighted by molar-refractivity contribution is 5.75. The van der Waals surface area contributed by atoms with Gasteiger partial charge in [-0.3, -0.25) is 4.79 Å². The third kappa shape index (κ3) is 11.6. The molecule has 0 saturated heterocycles. The molecule has 0 rings (SSSR count). The zero-order chi connectivity index (χ0) is 20.1. The summed E-state index contributed by atoms with van der Waals surface area (Å²) in [5.74, 6) is 0.0167. The van der Waals surface area contributed by atoms with Crippen LogP contribution in [-0.4, -0.2) is 24.1 Å². The van der Waals surface area contributed by atoms with Crippen molar-refractivity contribution in [2.45, 2.75) is 79.2 Å². The summed E-state index contributed by atoms with van der Waals surface area (Å²) in [5.41, 5.74) is 3.19. The second kappa shape index (κ2) is 13.3. The lowest BCUT2D eigenvalue weighted by Crippen LogP contribution is -2.22. The normalized spacial score (nSPS) is 14.5. The van der Waals surface area contributed by atoms with Gasteiger partial charge in [-0.2, -0.15) is 0 Å². The maximum atomic E-state index is 11.5. The fraction of sp³-hybridized carbons (Fsp3) is 0.591. The van der Waals surface area contributed by atoms with Crippen LogP contribution in [0.1, 0.15) is 73.1 Å². The molecule has 2 atom stereocenters. The van der Waals surface area contributed by atoms with Gasteiger partial charge in [-0.25, -0.2) is 0 Å². The number of hydrogen-bond acceptors (Lipinski definition) is 4. The molecule has 0 fully saturated rings. The average molecular weight is 363 g/mol. The molecular weight excluding hydrogens is 328 g/mol. The molecule has 2 unspecified atom stereocenters. The Morgan fingerprint density at radius 3 is 2.15 bits per heavy atom. The minimum atomic E-state index is -0.315. The number of hydrogen-bond donors (Lipinski definition) is 0. The van der Waals surface area contributed by atoms with Crippen LogP contribution in [0.2, 0.25) is 0 Å². The van der Waals surface area contributed by atoms with E-state index in [2.05, 4.69) is 12.7 Å². The molecule has 26 heavy (non-hydrogen) atoms. The lowest BCUT2D eigenvalue weighted by Gasteiger charge is -2.24. The Kier molecular flexibility index (Phi) is 12.3. The van der Waals surface area contributed by atoms with Crippen molar-refractivity contribution in [3.05, 3.63) is 35.5 Å². The van der Waals surface area contributed by atoms with E-state index in [1.54, 1.807) is 6.92 Å². The number of aldehydes is 1. The molecule has 0 aromatic carbocycles. The standard InChI is InChI=1S/C22H34O4/c1-16(2)21(13-12-17(3)9-8-14-23)15-22(26-20(6)25)18(4)10-7-11-19(5)24/h10,12,14,21-22H,1,7-9,11,13,15H2,2-6H3/b17-12+,18-10+. The van der Waals surface area contributed by atoms with Gasteiger partial charge in [0.15, 0.2) is 0 Å². The van der Waals surface area contributed by atoms with Crippen LogP contribution in [0, 0.1) is 5.92 Å². The molecule has 0 aromatic rings. The molecule has 4 heteroatoms. The van der Waals surface area contributed by atoms with E-state index < -0.39 is 0 Å². The third-order valence-corrected chi connectivity index (χ3v) is 4.38. The molecule has 0 bridgehead atoms. The van der Waals surface area contributed by atoms with E-state index in [-0.39, 0.29) is 23.8 Å². The highest BCUT2D eigenvalue weighted by atomic mass is 16.5. The Labute approximate surface area is 158 Å². The SMILES string of the molecule is C=C(C)C(C/C=C(\C)CCC=O)CC(OC(C)=O)/C(C)=C/CCC(C)=O. The molecule has 0 heterocycles. The summed E-state index contributed by atoms with van der Waals surface area (Å²) < 4.78 is 5.52. The minimum absolute atomic E-state index is 0.147. The summed E-state index contributed by atoms with van der Waals surface area (Å²) >= 11 is 0. The van der Waals surface area contributed by atoms with Gasteiger partial charge in [-0.15, -0.1) is 0 Å². The van der Waals surface area contributed by atoms with Crippen LogP contribution >= 0.6 is 0 Å². The van der Waals surface area contributed by atoms with Crippen LogP contribution in [0.15, 0.2) is 35.5 Å². The predicted octanol–water partition coefficient (Wildman–Crippen LogP) is 5.13. The van der Waals surface area contributed by atoms with E-state index in [0.29, 0.717) is 25.7 Å². The fourth-order valence-electron chi connectivity index (χ4n) is 2.65. The smallest absolute Gasteiger partial charge is 0.303 e. The number of ketones is 1. The molecular formula is C22H34O4. The second-order valence-electron chi connectivity index (χ2n) is 7.06. The van der Waals surface area contributed by atoms with E-state index in [9.17, 15) is 14.4 Å². The van der Waals surface area contributed by atoms with Crippen LogP contribution in [-0.2, 0) is 19.1 Å². The third-order valence-electron chi connectivity index (χ3n) is 4.38. The molecule has 0 radical (unpaired) electrons. The number of allylic oxidation sites excluding steroid dienone is 4. The van der Waals surface area contributed by atoms with Crippen molar-refractivity contribution in [2.75, 3.05) is 0 Å². The van der Waals surface area contributed by atoms with Gasteiger partial charge in [0.25, 0.3) is 0 Å². The Morgan fingerprint density at radius 1 is 1.00 bits per heavy atom. The number of carbonyl (C=O) groups excluding carboxylic acids is 3. The van der Waals surface area contributed by atoms with E-state index in [1.165, 1.54) is 12.5 Å². The van der Waals surface area contributed by atoms with Gasteiger partial charge in [-0.05, 0) is 64.9 Å². The summed E-state index contributed by atoms with van der Waals surface area (Å²) in [6.07, 6.45) is 8.65. The first kappa shape index (κ1) is 24.0. The lowest BCUT2D eigenvalue weighted by atomic mass is 9.88. The fourth-order valence-corrected chi connectivity index (χ4v) is 2.65. The van der Waals surface area contributed by atoms with Crippen LogP contribution < -0.4 is 0 Å². The Balaban J connectivity index is 5.09. The van der Waals surface area contributed by atoms with Crippen molar-refractivity contribution >= 4 is 18.0 Å². The lowest BCUT2D eigenvalue weighted by molar-refractivity contribution is -0.145. The molecule has 146 valence electrons. The Hall–Kier alpha value is -1.97. The quantitative estimate of drug-likeness (QED) is 0.259. The summed E-state index contributed by atoms with van der Waals surface area (Å²) in [4.78, 5) is 33.1. The first-order valence-corrected chi connectivity index (χ1v) is 9.25. The zero-order valence-corrected chi connectivity index (χ0v) is 17.0. The van der Waals surface area contributed by atoms with Gasteiger partial charge < -0.3 is 14.3 Å². The predicted molar refractivity (Wildman–Crippen MR) is 106 cm³/mol. The highest BCUT2D eigenvalue weighted by Gasteiger charge is 2.20. The first-order chi connectivity index (χ1) is 12.2. The van der Waals surface area contributed by atoms with Gasteiger partial charge in [0.1, 0.15) is 18.2 Å². The summed E-state index contributed by atoms with van der Waals surface area (Å²) in [5, 5.41) is 0. The molecule has 0 aliphatic carbocycles. The van der Waals surface area contributed by atoms with Gasteiger partial charge in [0.05, 0.1) is 0 Å². The molecule has 4 nitrogen and oxygen atoms in total. The van der Waals surface area contributed by atoms with Gasteiger partial charge in [-0.1, -0.05) is 29.9 Å². The summed E-state index contributed by atoms with van der Waals surface area (Å²) in [6.45, 7) is 13.0. The van der Waals surface area contributed by atoms with Crippen LogP contribution in [0.4, 0.5) is 0 Å². The molecule has 0 N–H and O–H groups in total. The molecule has 0 aromatic heterocycles. The number of esters is 1. The van der Waals surface area contributed by atoms with Crippen LogP contribution in [0.3, 0.4) is 0 Å². The van der Waals surface area contributed by atoms with E-state index >= 15 is 0 Å². The summed E-state index contributed by atoms with van der Waals surface area (Å²) in [7, 11) is 0. The van der Waals surface area contributed by atoms with Crippen molar-refractivity contribution in [2.24, 2.45) is 5.92 Å². The highest BCUT2D eigenvalue weighted by Crippen LogP contribution is 2.26. The van der Waals surface area contributed by atoms with Crippen molar-refractivity contribution in [1.29, 1.82) is 0 Å². The Bertz CT molecular complexity index is 554. The molecule has 0 saturated carbocycles. The molecule has 0 spiro atoms. The monoisotopic (exact) mass is 362 g/mol. The minimum Gasteiger partial charge on any atom is -0.458 e. The Morgan fingerprint density at radius 2 is 1.65 bits per heavy atom. The van der Waals surface area contributed by atoms with Gasteiger partial charge in [0, 0.05) is 19.8 Å². The van der Waals surface area contributed by atoms with Gasteiger partial charge in [0.2, 0.25) is 0 Å². The maximum absolute atomic E-state index is 11.5. The first-order valence-electron chi connectivity index (χ1n) is 9.25. The van der Waals surface area contributed by atoms with Crippen LogP contribution in [0.5, 0.6) is 0 Å². The number of rotatable bonds is 13. The van der Waals surface area contributed by atoms with E-state index in [4.69, 9.17) is 4.74 Å². The van der Waals surface area contributed by atoms with E-state index in [0.717, 1.165) is 30.3 Å². The maximum Gasteiger partial charge on any atom is 0.303 e.